The fraction of sp³-hybridized carbons (Fsp3) is 0.353. The van der Waals surface area contributed by atoms with Crippen LogP contribution in [0, 0.1) is 0 Å². The number of ketones is 1. The van der Waals surface area contributed by atoms with Gasteiger partial charge < -0.3 is 5.32 Å². The Bertz CT molecular complexity index is 731. The fourth-order valence-corrected chi connectivity index (χ4v) is 3.27. The van der Waals surface area contributed by atoms with Crippen LogP contribution < -0.4 is 5.32 Å². The minimum atomic E-state index is -0.717. The van der Waals surface area contributed by atoms with Crippen LogP contribution in [0.5, 0.6) is 0 Å². The van der Waals surface area contributed by atoms with Crippen molar-refractivity contribution in [1.29, 1.82) is 0 Å². The third kappa shape index (κ3) is 1.89. The molecule has 5 nitrogen and oxygen atoms in total. The molecule has 0 aromatic heterocycles. The standard InChI is InChI=1S/C17H18N2O3/c1-4-18-15(21)12-13-11-8-6-5-7-10(11)9-17(2,3)19(13)16(22)14(12)20/h5-8H,4,9H2,1-3H3,(H,18,21). The quantitative estimate of drug-likeness (QED) is 0.660. The maximum atomic E-state index is 12.4. The highest BCUT2D eigenvalue weighted by molar-refractivity contribution is 6.55. The van der Waals surface area contributed by atoms with E-state index >= 15 is 0 Å². The highest BCUT2D eigenvalue weighted by Crippen LogP contribution is 2.43. The fourth-order valence-electron chi connectivity index (χ4n) is 3.27. The number of amides is 2. The highest BCUT2D eigenvalue weighted by atomic mass is 16.2. The molecule has 1 aromatic rings. The Labute approximate surface area is 129 Å². The van der Waals surface area contributed by atoms with E-state index in [1.165, 1.54) is 4.90 Å². The second kappa shape index (κ2) is 4.80. The minimum Gasteiger partial charge on any atom is -0.352 e. The summed E-state index contributed by atoms with van der Waals surface area (Å²) in [6.45, 7) is 6.01. The zero-order chi connectivity index (χ0) is 16.1. The third-order valence-corrected chi connectivity index (χ3v) is 4.15. The SMILES string of the molecule is CCNC(=O)C1=C2c3ccccc3CC(C)(C)N2C(=O)C1=O. The van der Waals surface area contributed by atoms with Crippen molar-refractivity contribution in [3.8, 4) is 0 Å². The molecular formula is C17H18N2O3. The van der Waals surface area contributed by atoms with Crippen molar-refractivity contribution in [1.82, 2.24) is 10.2 Å². The van der Waals surface area contributed by atoms with Crippen LogP contribution in [0.25, 0.3) is 5.70 Å². The van der Waals surface area contributed by atoms with Gasteiger partial charge in [-0.1, -0.05) is 24.3 Å². The van der Waals surface area contributed by atoms with Crippen LogP contribution in [-0.2, 0) is 20.8 Å². The molecule has 0 radical (unpaired) electrons. The second-order valence-corrected chi connectivity index (χ2v) is 6.20. The molecule has 3 rings (SSSR count). The molecule has 2 heterocycles. The Kier molecular flexibility index (Phi) is 3.16. The summed E-state index contributed by atoms with van der Waals surface area (Å²) >= 11 is 0. The molecule has 1 aromatic carbocycles. The van der Waals surface area contributed by atoms with Crippen molar-refractivity contribution in [3.63, 3.8) is 0 Å². The Morgan fingerprint density at radius 1 is 1.27 bits per heavy atom. The first kappa shape index (κ1) is 14.5. The molecule has 0 fully saturated rings. The average molecular weight is 298 g/mol. The molecule has 0 saturated carbocycles. The van der Waals surface area contributed by atoms with E-state index in [0.29, 0.717) is 18.7 Å². The van der Waals surface area contributed by atoms with Gasteiger partial charge in [-0.15, -0.1) is 0 Å². The molecule has 22 heavy (non-hydrogen) atoms. The van der Waals surface area contributed by atoms with Crippen molar-refractivity contribution in [2.75, 3.05) is 6.54 Å². The Balaban J connectivity index is 2.29. The van der Waals surface area contributed by atoms with Crippen molar-refractivity contribution in [2.24, 2.45) is 0 Å². The largest absolute Gasteiger partial charge is 0.352 e. The Morgan fingerprint density at radius 3 is 2.64 bits per heavy atom. The summed E-state index contributed by atoms with van der Waals surface area (Å²) in [5.74, 6) is -1.81. The molecular weight excluding hydrogens is 280 g/mol. The second-order valence-electron chi connectivity index (χ2n) is 6.20. The first-order chi connectivity index (χ1) is 10.4. The van der Waals surface area contributed by atoms with E-state index in [0.717, 1.165) is 11.1 Å². The monoisotopic (exact) mass is 298 g/mol. The van der Waals surface area contributed by atoms with Crippen LogP contribution in [-0.4, -0.2) is 34.6 Å². The van der Waals surface area contributed by atoms with E-state index < -0.39 is 23.1 Å². The summed E-state index contributed by atoms with van der Waals surface area (Å²) in [5, 5.41) is 2.63. The van der Waals surface area contributed by atoms with Gasteiger partial charge in [-0.05, 0) is 32.8 Å². The summed E-state index contributed by atoms with van der Waals surface area (Å²) in [6.07, 6.45) is 0.647. The van der Waals surface area contributed by atoms with E-state index in [2.05, 4.69) is 5.32 Å². The topological polar surface area (TPSA) is 66.5 Å². The number of carbonyl (C=O) groups is 3. The predicted molar refractivity (Wildman–Crippen MR) is 81.7 cm³/mol. The molecule has 0 aliphatic carbocycles. The Hall–Kier alpha value is -2.43. The summed E-state index contributed by atoms with van der Waals surface area (Å²) in [5.41, 5.74) is 1.72. The number of nitrogens with one attached hydrogen (secondary N) is 1. The maximum Gasteiger partial charge on any atom is 0.300 e. The van der Waals surface area contributed by atoms with Gasteiger partial charge in [0.2, 0.25) is 0 Å². The average Bonchev–Trinajstić information content (AvgIpc) is 2.72. The van der Waals surface area contributed by atoms with Gasteiger partial charge in [0.25, 0.3) is 17.6 Å². The van der Waals surface area contributed by atoms with Gasteiger partial charge in [-0.2, -0.15) is 0 Å². The molecule has 0 bridgehead atoms. The number of rotatable bonds is 2. The van der Waals surface area contributed by atoms with E-state index in [-0.39, 0.29) is 5.57 Å². The number of hydrogen-bond donors (Lipinski definition) is 1. The van der Waals surface area contributed by atoms with E-state index in [1.807, 2.05) is 38.1 Å². The summed E-state index contributed by atoms with van der Waals surface area (Å²) < 4.78 is 0. The number of likely N-dealkylation sites (N-methyl/N-ethyl adjacent to an activating group) is 1. The third-order valence-electron chi connectivity index (χ3n) is 4.15. The minimum absolute atomic E-state index is 0.0351. The molecule has 5 heteroatoms. The smallest absolute Gasteiger partial charge is 0.300 e. The van der Waals surface area contributed by atoms with Gasteiger partial charge in [0, 0.05) is 17.6 Å². The molecule has 0 unspecified atom stereocenters. The van der Waals surface area contributed by atoms with Crippen LogP contribution >= 0.6 is 0 Å². The van der Waals surface area contributed by atoms with Crippen LogP contribution in [0.3, 0.4) is 0 Å². The first-order valence-corrected chi connectivity index (χ1v) is 7.38. The van der Waals surface area contributed by atoms with Gasteiger partial charge in [-0.25, -0.2) is 0 Å². The van der Waals surface area contributed by atoms with Gasteiger partial charge in [-0.3, -0.25) is 19.3 Å². The van der Waals surface area contributed by atoms with E-state index in [1.54, 1.807) is 6.92 Å². The van der Waals surface area contributed by atoms with Gasteiger partial charge in [0.1, 0.15) is 5.57 Å². The van der Waals surface area contributed by atoms with Gasteiger partial charge >= 0.3 is 0 Å². The van der Waals surface area contributed by atoms with E-state index in [4.69, 9.17) is 0 Å². The molecule has 2 amide bonds. The molecule has 0 saturated heterocycles. The number of carbonyl (C=O) groups excluding carboxylic acids is 3. The van der Waals surface area contributed by atoms with Gasteiger partial charge in [0.15, 0.2) is 0 Å². The molecule has 114 valence electrons. The molecule has 1 N–H and O–H groups in total. The number of hydrogen-bond acceptors (Lipinski definition) is 3. The lowest BCUT2D eigenvalue weighted by Gasteiger charge is -2.42. The zero-order valence-corrected chi connectivity index (χ0v) is 12.9. The van der Waals surface area contributed by atoms with Crippen molar-refractivity contribution in [2.45, 2.75) is 32.7 Å². The van der Waals surface area contributed by atoms with Crippen molar-refractivity contribution >= 4 is 23.3 Å². The number of benzene rings is 1. The van der Waals surface area contributed by atoms with Crippen molar-refractivity contribution < 1.29 is 14.4 Å². The molecule has 2 aliphatic rings. The van der Waals surface area contributed by atoms with Crippen LogP contribution in [0.1, 0.15) is 31.9 Å². The van der Waals surface area contributed by atoms with E-state index in [9.17, 15) is 14.4 Å². The maximum absolute atomic E-state index is 12.4. The summed E-state index contributed by atoms with van der Waals surface area (Å²) in [7, 11) is 0. The van der Waals surface area contributed by atoms with Crippen LogP contribution in [0.4, 0.5) is 0 Å². The number of Topliss-reactive ketones (excluding diaryl/α,β-unsaturated/α-hetero) is 1. The number of nitrogens with zero attached hydrogens (tertiary/aromatic N) is 1. The zero-order valence-electron chi connectivity index (χ0n) is 12.9. The lowest BCUT2D eigenvalue weighted by molar-refractivity contribution is -0.142. The summed E-state index contributed by atoms with van der Waals surface area (Å²) in [4.78, 5) is 38.6. The normalized spacial score (nSPS) is 19.1. The molecule has 0 spiro atoms. The molecule has 0 atom stereocenters. The lowest BCUT2D eigenvalue weighted by atomic mass is 9.84. The van der Waals surface area contributed by atoms with Gasteiger partial charge in [0.05, 0.1) is 5.70 Å². The number of fused-ring (bicyclic) bond motifs is 3. The molecule has 2 aliphatic heterocycles. The highest BCUT2D eigenvalue weighted by Gasteiger charge is 2.50. The lowest BCUT2D eigenvalue weighted by Crippen LogP contribution is -2.49. The Morgan fingerprint density at radius 2 is 1.95 bits per heavy atom. The summed E-state index contributed by atoms with van der Waals surface area (Å²) in [6, 6.07) is 7.61. The predicted octanol–water partition coefficient (Wildman–Crippen LogP) is 1.28. The van der Waals surface area contributed by atoms with Crippen LogP contribution in [0.15, 0.2) is 29.8 Å². The first-order valence-electron chi connectivity index (χ1n) is 7.38. The van der Waals surface area contributed by atoms with Crippen LogP contribution in [0.2, 0.25) is 0 Å². The van der Waals surface area contributed by atoms with Crippen molar-refractivity contribution in [3.05, 3.63) is 41.0 Å².